The van der Waals surface area contributed by atoms with Crippen molar-refractivity contribution in [3.63, 3.8) is 0 Å². The Morgan fingerprint density at radius 1 is 1.43 bits per heavy atom. The number of nitrogens with two attached hydrogens (primary N) is 1. The Labute approximate surface area is 125 Å². The predicted molar refractivity (Wildman–Crippen MR) is 84.3 cm³/mol. The number of amides is 1. The first-order valence-electron chi connectivity index (χ1n) is 6.84. The van der Waals surface area contributed by atoms with Gasteiger partial charge in [0.2, 0.25) is 0 Å². The van der Waals surface area contributed by atoms with Gasteiger partial charge in [-0.2, -0.15) is 0 Å². The van der Waals surface area contributed by atoms with Crippen LogP contribution in [0.25, 0.3) is 0 Å². The number of anilines is 2. The van der Waals surface area contributed by atoms with Crippen LogP contribution in [-0.4, -0.2) is 46.5 Å². The van der Waals surface area contributed by atoms with Gasteiger partial charge in [0.1, 0.15) is 0 Å². The maximum absolute atomic E-state index is 12.3. The Morgan fingerprint density at radius 3 is 2.71 bits per heavy atom. The molecule has 1 atom stereocenters. The van der Waals surface area contributed by atoms with Crippen molar-refractivity contribution in [2.75, 3.05) is 42.8 Å². The van der Waals surface area contributed by atoms with Crippen molar-refractivity contribution < 1.29 is 13.2 Å². The number of hydrogen-bond donors (Lipinski definition) is 2. The largest absolute Gasteiger partial charge is 0.399 e. The molecule has 116 valence electrons. The molecule has 2 rings (SSSR count). The first-order chi connectivity index (χ1) is 9.78. The number of rotatable bonds is 4. The smallest absolute Gasteiger partial charge is 0.253 e. The second-order valence-electron chi connectivity index (χ2n) is 5.65. The quantitative estimate of drug-likeness (QED) is 0.790. The van der Waals surface area contributed by atoms with Crippen LogP contribution in [0.15, 0.2) is 18.2 Å². The van der Waals surface area contributed by atoms with Gasteiger partial charge in [0.25, 0.3) is 5.91 Å². The SMILES string of the molecule is CN(C)c1ccc(N)cc1C(=O)NCC1CCS(=O)(=O)C1. The fourth-order valence-electron chi connectivity index (χ4n) is 2.49. The van der Waals surface area contributed by atoms with Gasteiger partial charge in [0.05, 0.1) is 17.1 Å². The molecule has 1 aromatic rings. The Morgan fingerprint density at radius 2 is 2.14 bits per heavy atom. The van der Waals surface area contributed by atoms with Crippen molar-refractivity contribution in [1.82, 2.24) is 5.32 Å². The summed E-state index contributed by atoms with van der Waals surface area (Å²) in [4.78, 5) is 14.1. The third-order valence-corrected chi connectivity index (χ3v) is 5.46. The first kappa shape index (κ1) is 15.6. The maximum Gasteiger partial charge on any atom is 0.253 e. The van der Waals surface area contributed by atoms with E-state index >= 15 is 0 Å². The van der Waals surface area contributed by atoms with E-state index in [9.17, 15) is 13.2 Å². The van der Waals surface area contributed by atoms with Crippen molar-refractivity contribution in [1.29, 1.82) is 0 Å². The van der Waals surface area contributed by atoms with E-state index in [4.69, 9.17) is 5.73 Å². The lowest BCUT2D eigenvalue weighted by molar-refractivity contribution is 0.0949. The van der Waals surface area contributed by atoms with Gasteiger partial charge in [0, 0.05) is 32.0 Å². The highest BCUT2D eigenvalue weighted by atomic mass is 32.2. The summed E-state index contributed by atoms with van der Waals surface area (Å²) in [5.41, 5.74) is 7.54. The molecule has 0 spiro atoms. The average molecular weight is 311 g/mol. The van der Waals surface area contributed by atoms with Gasteiger partial charge in [-0.15, -0.1) is 0 Å². The van der Waals surface area contributed by atoms with Gasteiger partial charge in [0.15, 0.2) is 9.84 Å². The molecule has 1 fully saturated rings. The molecule has 0 aliphatic carbocycles. The average Bonchev–Trinajstić information content (AvgIpc) is 2.75. The minimum absolute atomic E-state index is 0.00261. The zero-order valence-electron chi connectivity index (χ0n) is 12.3. The highest BCUT2D eigenvalue weighted by Gasteiger charge is 2.28. The summed E-state index contributed by atoms with van der Waals surface area (Å²) in [6, 6.07) is 5.18. The van der Waals surface area contributed by atoms with E-state index in [1.54, 1.807) is 18.2 Å². The van der Waals surface area contributed by atoms with Crippen LogP contribution < -0.4 is 16.0 Å². The fraction of sp³-hybridized carbons (Fsp3) is 0.500. The summed E-state index contributed by atoms with van der Waals surface area (Å²) in [6.07, 6.45) is 0.611. The monoisotopic (exact) mass is 311 g/mol. The molecule has 3 N–H and O–H groups in total. The molecule has 0 bridgehead atoms. The summed E-state index contributed by atoms with van der Waals surface area (Å²) >= 11 is 0. The molecule has 1 aromatic carbocycles. The minimum atomic E-state index is -2.92. The fourth-order valence-corrected chi connectivity index (χ4v) is 4.35. The lowest BCUT2D eigenvalue weighted by Gasteiger charge is -2.18. The Balaban J connectivity index is 2.05. The molecule has 1 unspecified atom stereocenters. The summed E-state index contributed by atoms with van der Waals surface area (Å²) < 4.78 is 22.8. The van der Waals surface area contributed by atoms with Gasteiger partial charge < -0.3 is 16.0 Å². The zero-order valence-corrected chi connectivity index (χ0v) is 13.1. The van der Waals surface area contributed by atoms with Crippen LogP contribution in [-0.2, 0) is 9.84 Å². The molecule has 7 heteroatoms. The molecule has 21 heavy (non-hydrogen) atoms. The van der Waals surface area contributed by atoms with Crippen molar-refractivity contribution in [2.45, 2.75) is 6.42 Å². The Kier molecular flexibility index (Phi) is 4.41. The van der Waals surface area contributed by atoms with Crippen LogP contribution in [0.4, 0.5) is 11.4 Å². The van der Waals surface area contributed by atoms with E-state index in [1.807, 2.05) is 19.0 Å². The van der Waals surface area contributed by atoms with Gasteiger partial charge in [-0.1, -0.05) is 0 Å². The molecule has 1 heterocycles. The van der Waals surface area contributed by atoms with Crippen LogP contribution in [0.2, 0.25) is 0 Å². The molecule has 1 amide bonds. The van der Waals surface area contributed by atoms with Crippen LogP contribution in [0.5, 0.6) is 0 Å². The van der Waals surface area contributed by atoms with E-state index in [0.29, 0.717) is 24.2 Å². The number of sulfone groups is 1. The van der Waals surface area contributed by atoms with Crippen molar-refractivity contribution >= 4 is 27.1 Å². The number of benzene rings is 1. The van der Waals surface area contributed by atoms with Gasteiger partial charge in [-0.25, -0.2) is 8.42 Å². The van der Waals surface area contributed by atoms with E-state index in [1.165, 1.54) is 0 Å². The second-order valence-corrected chi connectivity index (χ2v) is 7.88. The molecule has 0 aromatic heterocycles. The van der Waals surface area contributed by atoms with E-state index in [0.717, 1.165) is 5.69 Å². The molecule has 1 aliphatic rings. The van der Waals surface area contributed by atoms with Crippen molar-refractivity contribution in [3.05, 3.63) is 23.8 Å². The molecule has 0 radical (unpaired) electrons. The highest BCUT2D eigenvalue weighted by molar-refractivity contribution is 7.91. The molecule has 1 saturated heterocycles. The maximum atomic E-state index is 12.3. The van der Waals surface area contributed by atoms with Gasteiger partial charge in [-0.3, -0.25) is 4.79 Å². The summed E-state index contributed by atoms with van der Waals surface area (Å²) in [6.45, 7) is 0.375. The molecular formula is C14H21N3O3S. The Hall–Kier alpha value is -1.76. The topological polar surface area (TPSA) is 92.5 Å². The third kappa shape index (κ3) is 3.87. The zero-order chi connectivity index (χ0) is 15.6. The molecule has 0 saturated carbocycles. The number of nitrogens with zero attached hydrogens (tertiary/aromatic N) is 1. The van der Waals surface area contributed by atoms with E-state index in [2.05, 4.69) is 5.32 Å². The number of carbonyl (C=O) groups is 1. The standard InChI is InChI=1S/C14H21N3O3S/c1-17(2)13-4-3-11(15)7-12(13)14(18)16-8-10-5-6-21(19,20)9-10/h3-4,7,10H,5-6,8-9,15H2,1-2H3,(H,16,18). The highest BCUT2D eigenvalue weighted by Crippen LogP contribution is 2.22. The molecule has 1 aliphatic heterocycles. The minimum Gasteiger partial charge on any atom is -0.399 e. The van der Waals surface area contributed by atoms with Gasteiger partial charge in [-0.05, 0) is 30.5 Å². The van der Waals surface area contributed by atoms with E-state index < -0.39 is 9.84 Å². The summed E-state index contributed by atoms with van der Waals surface area (Å²) in [5, 5.41) is 2.82. The number of carbonyl (C=O) groups excluding carboxylic acids is 1. The van der Waals surface area contributed by atoms with Gasteiger partial charge >= 0.3 is 0 Å². The van der Waals surface area contributed by atoms with Crippen LogP contribution in [0.1, 0.15) is 16.8 Å². The predicted octanol–water partition coefficient (Wildman–Crippen LogP) is 0.499. The second kappa shape index (κ2) is 5.93. The Bertz CT molecular complexity index is 641. The third-order valence-electron chi connectivity index (χ3n) is 3.63. The first-order valence-corrected chi connectivity index (χ1v) is 8.66. The number of hydrogen-bond acceptors (Lipinski definition) is 5. The molecular weight excluding hydrogens is 290 g/mol. The van der Waals surface area contributed by atoms with Crippen molar-refractivity contribution in [3.8, 4) is 0 Å². The lowest BCUT2D eigenvalue weighted by Crippen LogP contribution is -2.31. The number of nitrogen functional groups attached to an aromatic ring is 1. The summed E-state index contributed by atoms with van der Waals surface area (Å²) in [5.74, 6) is 0.151. The van der Waals surface area contributed by atoms with Crippen LogP contribution in [0, 0.1) is 5.92 Å². The lowest BCUT2D eigenvalue weighted by atomic mass is 10.1. The normalized spacial score (nSPS) is 20.2. The van der Waals surface area contributed by atoms with E-state index in [-0.39, 0.29) is 23.3 Å². The summed E-state index contributed by atoms with van der Waals surface area (Å²) in [7, 11) is 0.790. The molecule has 6 nitrogen and oxygen atoms in total. The number of nitrogens with one attached hydrogen (secondary N) is 1. The van der Waals surface area contributed by atoms with Crippen LogP contribution >= 0.6 is 0 Å². The van der Waals surface area contributed by atoms with Crippen molar-refractivity contribution in [2.24, 2.45) is 5.92 Å². The van der Waals surface area contributed by atoms with Crippen LogP contribution in [0.3, 0.4) is 0 Å².